The Morgan fingerprint density at radius 2 is 0.496 bits per heavy atom. The maximum Gasteiger partial charge on any atom is 0.204 e. The van der Waals surface area contributed by atoms with E-state index in [1.807, 2.05) is 12.1 Å². The summed E-state index contributed by atoms with van der Waals surface area (Å²) in [5.74, 6) is -0.492. The predicted octanol–water partition coefficient (Wildman–Crippen LogP) is 29.1. The standard InChI is InChI=1S/C56H33N5.C49H32N2.C8H3FN2/c57-34-40-19-24-44(29-41(40)35-58)61-55-27-22-38(36-20-25-53-47(30-36)45-15-7-9-17-51(45)59(53)42-11-3-1-4-12-42)32-49(55)50-33-39(23-28-56(50)61)37-21-26-54-48(31-37)46-16-8-10-18-52(46)60(54)43-13-5-2-6-14-43;1-3-11-38(12-4-1)50-46-17-9-7-15-40(46)44-30-34(23-25-48(44)50)32-19-21-36-27-37-22-20-33(29-43(37)42(36)28-32)35-24-26-49-45(31-35)41-16-8-10-18-47(41)51(49)39-13-5-2-6-14-39;1-11-8-3-2-7(9)4-6(8)5-10/h1-33H;1-26,28-31H,27H2;2-4H. The number of nitrogens with zero attached hydrogens (tertiary/aromatic N) is 9. The first-order valence-corrected chi connectivity index (χ1v) is 41.0. The highest BCUT2D eigenvalue weighted by Crippen LogP contribution is 2.46. The molecule has 0 spiro atoms. The SMILES string of the molecule is N#Cc1ccc(-n2c3ccc(-c4ccc5c(c4)c4ccccc4n5-c4ccccc4)cc3c3cc(-c4ccc5c(c4)c4ccccc4n5-c4ccccc4)ccc32)cc1C#N.[C-]#[N+]c1ccc(F)cc1C#N.c1ccc(-n2c3ccccc3c3cc(-c4ccc5c(c4)-c4cc(-c6ccc7c(c6)c6ccccc6n7-c6ccccc6)ccc4C5)ccc32)cc1. The van der Waals surface area contributed by atoms with Gasteiger partial charge in [0, 0.05) is 82.3 Å². The fraction of sp³-hybridized carbons (Fsp3) is 0.00885. The molecule has 1 aliphatic carbocycles. The number of halogens is 1. The van der Waals surface area contributed by atoms with Crippen molar-refractivity contribution in [3.05, 3.63) is 445 Å². The highest BCUT2D eigenvalue weighted by atomic mass is 19.1. The van der Waals surface area contributed by atoms with Crippen LogP contribution in [0.2, 0.25) is 0 Å². The van der Waals surface area contributed by atoms with Gasteiger partial charge in [0.15, 0.2) is 0 Å². The summed E-state index contributed by atoms with van der Waals surface area (Å²) in [7, 11) is 0. The first kappa shape index (κ1) is 72.3. The lowest BCUT2D eigenvalue weighted by Gasteiger charge is -2.10. The summed E-state index contributed by atoms with van der Waals surface area (Å²) in [6.07, 6.45) is 0.971. The number of nitriles is 3. The van der Waals surface area contributed by atoms with Crippen LogP contribution in [0, 0.1) is 46.4 Å². The first-order valence-electron chi connectivity index (χ1n) is 41.0. The van der Waals surface area contributed by atoms with E-state index in [0.717, 1.165) is 90.7 Å². The van der Waals surface area contributed by atoms with E-state index in [1.165, 1.54) is 138 Å². The lowest BCUT2D eigenvalue weighted by molar-refractivity contribution is 0.627. The van der Waals surface area contributed by atoms with Crippen LogP contribution in [0.5, 0.6) is 0 Å². The molecule has 5 aromatic heterocycles. The zero-order valence-electron chi connectivity index (χ0n) is 66.2. The third kappa shape index (κ3) is 12.3. The number of hydrogen-bond acceptors (Lipinski definition) is 3. The average Bonchev–Trinajstić information content (AvgIpc) is 1.58. The van der Waals surface area contributed by atoms with E-state index >= 15 is 0 Å². The molecule has 9 nitrogen and oxygen atoms in total. The lowest BCUT2D eigenvalue weighted by Crippen LogP contribution is -1.96. The molecule has 24 rings (SSSR count). The molecule has 23 aromatic rings. The number of fused-ring (bicyclic) bond motifs is 18. The molecule has 18 aromatic carbocycles. The normalized spacial score (nSPS) is 11.6. The Balaban J connectivity index is 0.000000132. The van der Waals surface area contributed by atoms with E-state index < -0.39 is 5.82 Å². The van der Waals surface area contributed by atoms with Crippen molar-refractivity contribution in [1.29, 1.82) is 15.8 Å². The van der Waals surface area contributed by atoms with Crippen LogP contribution in [0.1, 0.15) is 27.8 Å². The molecule has 0 radical (unpaired) electrons. The van der Waals surface area contributed by atoms with Gasteiger partial charge in [-0.3, -0.25) is 0 Å². The van der Waals surface area contributed by atoms with Crippen molar-refractivity contribution in [3.63, 3.8) is 0 Å². The van der Waals surface area contributed by atoms with Crippen LogP contribution in [0.15, 0.2) is 400 Å². The van der Waals surface area contributed by atoms with Crippen LogP contribution in [0.4, 0.5) is 10.1 Å². The molecule has 0 unspecified atom stereocenters. The van der Waals surface area contributed by atoms with Gasteiger partial charge in [0.2, 0.25) is 5.69 Å². The highest BCUT2D eigenvalue weighted by molar-refractivity contribution is 6.16. The minimum atomic E-state index is -0.492. The second kappa shape index (κ2) is 29.8. The van der Waals surface area contributed by atoms with Gasteiger partial charge in [0.1, 0.15) is 18.0 Å². The van der Waals surface area contributed by atoms with E-state index in [2.05, 4.69) is 404 Å². The number of aromatic nitrogens is 5. The van der Waals surface area contributed by atoms with Crippen molar-refractivity contribution in [3.8, 4) is 102 Å². The molecular weight excluding hydrogens is 1500 g/mol. The van der Waals surface area contributed by atoms with Crippen LogP contribution in [-0.2, 0) is 6.42 Å². The summed E-state index contributed by atoms with van der Waals surface area (Å²) in [5.41, 5.74) is 33.1. The van der Waals surface area contributed by atoms with Gasteiger partial charge >= 0.3 is 0 Å². The van der Waals surface area contributed by atoms with Crippen molar-refractivity contribution in [1.82, 2.24) is 22.8 Å². The second-order valence-electron chi connectivity index (χ2n) is 31.2. The van der Waals surface area contributed by atoms with E-state index in [4.69, 9.17) is 11.8 Å². The van der Waals surface area contributed by atoms with Gasteiger partial charge in [-0.25, -0.2) is 9.24 Å². The molecule has 0 N–H and O–H groups in total. The monoisotopic (exact) mass is 1570 g/mol. The Hall–Kier alpha value is -17.2. The highest BCUT2D eigenvalue weighted by Gasteiger charge is 2.25. The van der Waals surface area contributed by atoms with Gasteiger partial charge in [0.25, 0.3) is 0 Å². The predicted molar refractivity (Wildman–Crippen MR) is 501 cm³/mol. The minimum absolute atomic E-state index is 0.0833. The Labute approximate surface area is 707 Å². The largest absolute Gasteiger partial charge is 0.309 e. The van der Waals surface area contributed by atoms with E-state index in [9.17, 15) is 14.9 Å². The quantitative estimate of drug-likeness (QED) is 0.135. The molecule has 5 heterocycles. The summed E-state index contributed by atoms with van der Waals surface area (Å²) >= 11 is 0. The summed E-state index contributed by atoms with van der Waals surface area (Å²) in [6, 6.07) is 147. The van der Waals surface area contributed by atoms with Crippen molar-refractivity contribution < 1.29 is 4.39 Å². The summed E-state index contributed by atoms with van der Waals surface area (Å²) in [5, 5.41) is 40.3. The van der Waals surface area contributed by atoms with E-state index in [0.29, 0.717) is 11.1 Å². The van der Waals surface area contributed by atoms with Gasteiger partial charge in [0.05, 0.1) is 84.5 Å². The van der Waals surface area contributed by atoms with Gasteiger partial charge in [-0.15, -0.1) is 0 Å². The first-order chi connectivity index (χ1) is 60.7. The molecule has 0 atom stereocenters. The Morgan fingerprint density at radius 3 is 0.805 bits per heavy atom. The smallest absolute Gasteiger partial charge is 0.204 e. The number of rotatable bonds is 9. The van der Waals surface area contributed by atoms with Crippen LogP contribution < -0.4 is 0 Å². The Morgan fingerprint density at radius 1 is 0.228 bits per heavy atom. The van der Waals surface area contributed by atoms with Crippen LogP contribution in [-0.4, -0.2) is 22.8 Å². The zero-order valence-corrected chi connectivity index (χ0v) is 66.2. The topological polar surface area (TPSA) is 100 Å². The van der Waals surface area contributed by atoms with Crippen LogP contribution in [0.25, 0.3) is 198 Å². The maximum atomic E-state index is 12.4. The molecule has 0 saturated carbocycles. The molecule has 0 aliphatic heterocycles. The molecule has 0 fully saturated rings. The lowest BCUT2D eigenvalue weighted by atomic mass is 9.95. The van der Waals surface area contributed by atoms with Gasteiger partial charge in [-0.2, -0.15) is 15.8 Å². The molecule has 10 heteroatoms. The molecule has 0 amide bonds. The average molecular weight is 1570 g/mol. The van der Waals surface area contributed by atoms with Crippen molar-refractivity contribution in [2.24, 2.45) is 0 Å². The van der Waals surface area contributed by atoms with Crippen LogP contribution >= 0.6 is 0 Å². The van der Waals surface area contributed by atoms with Crippen molar-refractivity contribution >= 4 is 115 Å². The fourth-order valence-electron chi connectivity index (χ4n) is 18.8. The maximum absolute atomic E-state index is 12.4. The van der Waals surface area contributed by atoms with Crippen molar-refractivity contribution in [2.75, 3.05) is 0 Å². The second-order valence-corrected chi connectivity index (χ2v) is 31.2. The van der Waals surface area contributed by atoms with Crippen LogP contribution in [0.3, 0.4) is 0 Å². The third-order valence-electron chi connectivity index (χ3n) is 24.4. The molecule has 0 saturated heterocycles. The van der Waals surface area contributed by atoms with Crippen molar-refractivity contribution in [2.45, 2.75) is 6.42 Å². The number of hydrogen-bond donors (Lipinski definition) is 0. The zero-order chi connectivity index (χ0) is 82.3. The fourth-order valence-corrected chi connectivity index (χ4v) is 18.8. The Bertz CT molecular complexity index is 8050. The number of para-hydroxylation sites is 8. The minimum Gasteiger partial charge on any atom is -0.309 e. The number of benzene rings is 18. The molecule has 0 bridgehead atoms. The van der Waals surface area contributed by atoms with Gasteiger partial charge in [-0.1, -0.05) is 212 Å². The summed E-state index contributed by atoms with van der Waals surface area (Å²) in [6.45, 7) is 6.61. The molecular formula is C113H68FN9. The van der Waals surface area contributed by atoms with Gasteiger partial charge in [-0.05, 0) is 261 Å². The summed E-state index contributed by atoms with van der Waals surface area (Å²) < 4.78 is 24.1. The molecule has 1 aliphatic rings. The third-order valence-corrected chi connectivity index (χ3v) is 24.4. The summed E-state index contributed by atoms with van der Waals surface area (Å²) in [4.78, 5) is 3.04. The molecule has 123 heavy (non-hydrogen) atoms. The van der Waals surface area contributed by atoms with E-state index in [-0.39, 0.29) is 11.3 Å². The Kier molecular flexibility index (Phi) is 17.5. The molecule has 572 valence electrons. The van der Waals surface area contributed by atoms with E-state index in [1.54, 1.807) is 12.1 Å². The van der Waals surface area contributed by atoms with Gasteiger partial charge < -0.3 is 22.8 Å².